The Bertz CT molecular complexity index is 498. The van der Waals surface area contributed by atoms with Crippen molar-refractivity contribution in [3.8, 4) is 0 Å². The van der Waals surface area contributed by atoms with Crippen molar-refractivity contribution < 1.29 is 0 Å². The summed E-state index contributed by atoms with van der Waals surface area (Å²) in [5.74, 6) is 1.90. The zero-order chi connectivity index (χ0) is 11.0. The molecule has 2 aromatic rings. The predicted molar refractivity (Wildman–Crippen MR) is 68.7 cm³/mol. The van der Waals surface area contributed by atoms with E-state index in [0.29, 0.717) is 5.92 Å². The molecule has 0 bridgehead atoms. The number of hydrogen-bond donors (Lipinski definition) is 0. The van der Waals surface area contributed by atoms with Crippen molar-refractivity contribution in [3.63, 3.8) is 0 Å². The van der Waals surface area contributed by atoms with Crippen molar-refractivity contribution in [1.82, 2.24) is 9.38 Å². The van der Waals surface area contributed by atoms with E-state index in [2.05, 4.69) is 43.6 Å². The Hall–Kier alpha value is -0.830. The molecule has 2 nitrogen and oxygen atoms in total. The molecule has 16 heavy (non-hydrogen) atoms. The second kappa shape index (κ2) is 4.21. The van der Waals surface area contributed by atoms with Crippen molar-refractivity contribution in [2.45, 2.75) is 38.0 Å². The fourth-order valence-electron chi connectivity index (χ4n) is 2.67. The zero-order valence-electron chi connectivity index (χ0n) is 9.19. The summed E-state index contributed by atoms with van der Waals surface area (Å²) in [6.07, 6.45) is 10.8. The molecule has 0 saturated heterocycles. The minimum atomic E-state index is 0.658. The highest BCUT2D eigenvalue weighted by Gasteiger charge is 2.19. The van der Waals surface area contributed by atoms with Gasteiger partial charge in [-0.2, -0.15) is 0 Å². The van der Waals surface area contributed by atoms with Crippen molar-refractivity contribution in [2.24, 2.45) is 0 Å². The van der Waals surface area contributed by atoms with Crippen LogP contribution >= 0.6 is 15.9 Å². The molecule has 3 rings (SSSR count). The number of halogens is 1. The second-order valence-electron chi connectivity index (χ2n) is 4.56. The van der Waals surface area contributed by atoms with Gasteiger partial charge >= 0.3 is 0 Å². The van der Waals surface area contributed by atoms with Crippen LogP contribution < -0.4 is 0 Å². The Morgan fingerprint density at radius 2 is 2.06 bits per heavy atom. The minimum Gasteiger partial charge on any atom is -0.302 e. The van der Waals surface area contributed by atoms with Gasteiger partial charge in [-0.25, -0.2) is 4.98 Å². The molecule has 84 valence electrons. The lowest BCUT2D eigenvalue weighted by atomic mass is 9.89. The lowest BCUT2D eigenvalue weighted by molar-refractivity contribution is 0.428. The van der Waals surface area contributed by atoms with Gasteiger partial charge in [-0.05, 0) is 40.9 Å². The van der Waals surface area contributed by atoms with E-state index >= 15 is 0 Å². The maximum atomic E-state index is 4.61. The number of hydrogen-bond acceptors (Lipinski definition) is 1. The van der Waals surface area contributed by atoms with Crippen molar-refractivity contribution >= 4 is 21.4 Å². The van der Waals surface area contributed by atoms with E-state index in [1.165, 1.54) is 43.4 Å². The largest absolute Gasteiger partial charge is 0.302 e. The first kappa shape index (κ1) is 10.3. The van der Waals surface area contributed by atoms with Gasteiger partial charge in [-0.3, -0.25) is 0 Å². The first-order valence-electron chi connectivity index (χ1n) is 5.98. The first-order chi connectivity index (χ1) is 7.86. The molecule has 1 saturated carbocycles. The SMILES string of the molecule is Brc1cccn2c(C3CCCCC3)ncc12. The summed E-state index contributed by atoms with van der Waals surface area (Å²) in [6.45, 7) is 0. The van der Waals surface area contributed by atoms with Crippen molar-refractivity contribution in [2.75, 3.05) is 0 Å². The Kier molecular flexibility index (Phi) is 2.72. The van der Waals surface area contributed by atoms with E-state index in [0.717, 1.165) is 4.47 Å². The quantitative estimate of drug-likeness (QED) is 0.766. The smallest absolute Gasteiger partial charge is 0.116 e. The van der Waals surface area contributed by atoms with Gasteiger partial charge in [0, 0.05) is 16.6 Å². The van der Waals surface area contributed by atoms with Gasteiger partial charge in [0.2, 0.25) is 0 Å². The van der Waals surface area contributed by atoms with E-state index < -0.39 is 0 Å². The summed E-state index contributed by atoms with van der Waals surface area (Å²) < 4.78 is 3.37. The molecule has 1 aliphatic rings. The van der Waals surface area contributed by atoms with Crippen LogP contribution in [0.3, 0.4) is 0 Å². The standard InChI is InChI=1S/C13H15BrN2/c14-11-7-4-8-16-12(11)9-15-13(16)10-5-2-1-3-6-10/h4,7-10H,1-3,5-6H2. The maximum Gasteiger partial charge on any atom is 0.116 e. The van der Waals surface area contributed by atoms with E-state index in [1.807, 2.05) is 6.20 Å². The highest BCUT2D eigenvalue weighted by molar-refractivity contribution is 9.10. The molecule has 0 radical (unpaired) electrons. The van der Waals surface area contributed by atoms with Gasteiger partial charge in [0.15, 0.2) is 0 Å². The number of rotatable bonds is 1. The number of fused-ring (bicyclic) bond motifs is 1. The lowest BCUT2D eigenvalue weighted by Crippen LogP contribution is -2.08. The number of imidazole rings is 1. The Morgan fingerprint density at radius 3 is 2.88 bits per heavy atom. The average molecular weight is 279 g/mol. The molecule has 0 N–H and O–H groups in total. The van der Waals surface area contributed by atoms with Crippen LogP contribution in [0.25, 0.3) is 5.52 Å². The maximum absolute atomic E-state index is 4.61. The minimum absolute atomic E-state index is 0.658. The Morgan fingerprint density at radius 1 is 1.25 bits per heavy atom. The molecule has 0 aliphatic heterocycles. The molecule has 0 atom stereocenters. The van der Waals surface area contributed by atoms with Gasteiger partial charge in [0.25, 0.3) is 0 Å². The molecular weight excluding hydrogens is 264 g/mol. The molecular formula is C13H15BrN2. The molecule has 2 heterocycles. The highest BCUT2D eigenvalue weighted by atomic mass is 79.9. The van der Waals surface area contributed by atoms with Gasteiger partial charge in [-0.15, -0.1) is 0 Å². The van der Waals surface area contributed by atoms with Crippen molar-refractivity contribution in [1.29, 1.82) is 0 Å². The summed E-state index contributed by atoms with van der Waals surface area (Å²) in [7, 11) is 0. The van der Waals surface area contributed by atoms with Gasteiger partial charge in [-0.1, -0.05) is 19.3 Å². The third kappa shape index (κ3) is 1.67. The molecule has 0 aromatic carbocycles. The van der Waals surface area contributed by atoms with Crippen LogP contribution in [0.1, 0.15) is 43.8 Å². The fraction of sp³-hybridized carbons (Fsp3) is 0.462. The summed E-state index contributed by atoms with van der Waals surface area (Å²) in [5, 5.41) is 0. The van der Waals surface area contributed by atoms with E-state index in [1.54, 1.807) is 0 Å². The van der Waals surface area contributed by atoms with Crippen LogP contribution in [0.15, 0.2) is 29.0 Å². The summed E-state index contributed by atoms with van der Waals surface area (Å²) >= 11 is 3.57. The molecule has 0 unspecified atom stereocenters. The predicted octanol–water partition coefficient (Wildman–Crippen LogP) is 4.14. The summed E-state index contributed by atoms with van der Waals surface area (Å²) in [5.41, 5.74) is 1.18. The molecule has 3 heteroatoms. The third-order valence-electron chi connectivity index (χ3n) is 3.52. The molecule has 1 fully saturated rings. The highest BCUT2D eigenvalue weighted by Crippen LogP contribution is 2.33. The van der Waals surface area contributed by atoms with Gasteiger partial charge in [0.05, 0.1) is 11.7 Å². The van der Waals surface area contributed by atoms with Crippen LogP contribution in [-0.2, 0) is 0 Å². The zero-order valence-corrected chi connectivity index (χ0v) is 10.8. The van der Waals surface area contributed by atoms with E-state index in [-0.39, 0.29) is 0 Å². The summed E-state index contributed by atoms with van der Waals surface area (Å²) in [4.78, 5) is 4.61. The monoisotopic (exact) mass is 278 g/mol. The molecule has 2 aromatic heterocycles. The topological polar surface area (TPSA) is 17.3 Å². The van der Waals surface area contributed by atoms with E-state index in [4.69, 9.17) is 0 Å². The number of pyridine rings is 1. The third-order valence-corrected chi connectivity index (χ3v) is 4.19. The van der Waals surface area contributed by atoms with Gasteiger partial charge in [0.1, 0.15) is 5.82 Å². The average Bonchev–Trinajstić information content (AvgIpc) is 2.75. The second-order valence-corrected chi connectivity index (χ2v) is 5.42. The van der Waals surface area contributed by atoms with Crippen LogP contribution in [0.4, 0.5) is 0 Å². The van der Waals surface area contributed by atoms with Crippen LogP contribution in [-0.4, -0.2) is 9.38 Å². The first-order valence-corrected chi connectivity index (χ1v) is 6.77. The lowest BCUT2D eigenvalue weighted by Gasteiger charge is -2.20. The molecule has 0 amide bonds. The fourth-order valence-corrected chi connectivity index (χ4v) is 3.12. The molecule has 1 aliphatic carbocycles. The van der Waals surface area contributed by atoms with Crippen LogP contribution in [0, 0.1) is 0 Å². The Balaban J connectivity index is 2.06. The van der Waals surface area contributed by atoms with Gasteiger partial charge < -0.3 is 4.40 Å². The van der Waals surface area contributed by atoms with E-state index in [9.17, 15) is 0 Å². The van der Waals surface area contributed by atoms with Crippen LogP contribution in [0.2, 0.25) is 0 Å². The Labute approximate surface area is 104 Å². The normalized spacial score (nSPS) is 18.1. The van der Waals surface area contributed by atoms with Crippen LogP contribution in [0.5, 0.6) is 0 Å². The molecule has 0 spiro atoms. The van der Waals surface area contributed by atoms with Crippen molar-refractivity contribution in [3.05, 3.63) is 34.8 Å². The number of nitrogens with zero attached hydrogens (tertiary/aromatic N) is 2. The summed E-state index contributed by atoms with van der Waals surface area (Å²) in [6, 6.07) is 4.15. The number of aromatic nitrogens is 2.